The van der Waals surface area contributed by atoms with Crippen LogP contribution in [0.3, 0.4) is 0 Å². The second-order valence-electron chi connectivity index (χ2n) is 11.9. The quantitative estimate of drug-likeness (QED) is 0.0985. The zero-order chi connectivity index (χ0) is 27.5. The summed E-state index contributed by atoms with van der Waals surface area (Å²) in [6.07, 6.45) is 28.3. The van der Waals surface area contributed by atoms with E-state index in [0.717, 1.165) is 25.1 Å². The number of nitrogens with one attached hydrogen (secondary N) is 2. The molecule has 1 heterocycles. The Morgan fingerprint density at radius 1 is 0.795 bits per heavy atom. The Balaban J connectivity index is 1.35. The zero-order valence-electron chi connectivity index (χ0n) is 25.4. The molecule has 0 aromatic heterocycles. The molecular weight excluding hydrogens is 480 g/mol. The van der Waals surface area contributed by atoms with Gasteiger partial charge in [0.25, 0.3) is 0 Å². The van der Waals surface area contributed by atoms with Gasteiger partial charge < -0.3 is 14.8 Å². The summed E-state index contributed by atoms with van der Waals surface area (Å²) < 4.78 is 12.1. The van der Waals surface area contributed by atoms with E-state index in [2.05, 4.69) is 61.0 Å². The molecule has 0 bridgehead atoms. The Kier molecular flexibility index (Phi) is 15.7. The highest BCUT2D eigenvalue weighted by Crippen LogP contribution is 2.31. The molecule has 1 aliphatic carbocycles. The minimum Gasteiger partial charge on any atom is -0.465 e. The zero-order valence-corrected chi connectivity index (χ0v) is 25.4. The van der Waals surface area contributed by atoms with Crippen LogP contribution in [0.4, 0.5) is 0 Å². The van der Waals surface area contributed by atoms with Gasteiger partial charge in [0.1, 0.15) is 11.9 Å². The fourth-order valence-corrected chi connectivity index (χ4v) is 5.95. The summed E-state index contributed by atoms with van der Waals surface area (Å²) in [6, 6.07) is 8.51. The van der Waals surface area contributed by atoms with Crippen molar-refractivity contribution < 1.29 is 9.47 Å². The van der Waals surface area contributed by atoms with Gasteiger partial charge in [-0.1, -0.05) is 108 Å². The molecule has 3 atom stereocenters. The summed E-state index contributed by atoms with van der Waals surface area (Å²) in [7, 11) is 1.78. The van der Waals surface area contributed by atoms with Crippen molar-refractivity contribution in [3.63, 3.8) is 0 Å². The Bertz CT molecular complexity index is 832. The number of methoxy groups -OCH3 is 1. The predicted octanol–water partition coefficient (Wildman–Crippen LogP) is 9.73. The SMILES string of the molecule is CCCCCCCCCCC1=CNC(c2ccc(OC(OC)C3CC=C(CCCCCCC)CC3)cc2)NC1. The molecule has 39 heavy (non-hydrogen) atoms. The maximum atomic E-state index is 6.31. The normalized spacial score (nSPS) is 20.2. The van der Waals surface area contributed by atoms with Crippen molar-refractivity contribution >= 4 is 0 Å². The number of allylic oxidation sites excluding steroid dienone is 2. The number of hydrogen-bond acceptors (Lipinski definition) is 4. The third-order valence-corrected chi connectivity index (χ3v) is 8.57. The highest BCUT2D eigenvalue weighted by Gasteiger charge is 2.25. The highest BCUT2D eigenvalue weighted by molar-refractivity contribution is 5.30. The molecule has 0 fully saturated rings. The van der Waals surface area contributed by atoms with E-state index < -0.39 is 0 Å². The predicted molar refractivity (Wildman–Crippen MR) is 166 cm³/mol. The van der Waals surface area contributed by atoms with Gasteiger partial charge in [-0.25, -0.2) is 0 Å². The van der Waals surface area contributed by atoms with Gasteiger partial charge in [-0.2, -0.15) is 0 Å². The van der Waals surface area contributed by atoms with E-state index in [4.69, 9.17) is 9.47 Å². The lowest BCUT2D eigenvalue weighted by molar-refractivity contribution is -0.0949. The number of benzene rings is 1. The second-order valence-corrected chi connectivity index (χ2v) is 11.9. The van der Waals surface area contributed by atoms with E-state index in [0.29, 0.717) is 5.92 Å². The molecule has 0 spiro atoms. The van der Waals surface area contributed by atoms with Crippen molar-refractivity contribution in [2.45, 2.75) is 142 Å². The molecule has 3 rings (SSSR count). The fraction of sp³-hybridized carbons (Fsp3) is 0.714. The smallest absolute Gasteiger partial charge is 0.202 e. The van der Waals surface area contributed by atoms with Crippen LogP contribution >= 0.6 is 0 Å². The maximum absolute atomic E-state index is 6.31. The van der Waals surface area contributed by atoms with Crippen molar-refractivity contribution in [3.05, 3.63) is 53.3 Å². The largest absolute Gasteiger partial charge is 0.465 e. The van der Waals surface area contributed by atoms with Crippen LogP contribution in [-0.2, 0) is 4.74 Å². The third-order valence-electron chi connectivity index (χ3n) is 8.57. The Morgan fingerprint density at radius 2 is 1.41 bits per heavy atom. The van der Waals surface area contributed by atoms with E-state index in [1.54, 1.807) is 12.7 Å². The molecule has 0 radical (unpaired) electrons. The molecule has 0 amide bonds. The first-order valence-corrected chi connectivity index (χ1v) is 16.4. The van der Waals surface area contributed by atoms with Crippen LogP contribution in [0.2, 0.25) is 0 Å². The molecule has 0 saturated carbocycles. The van der Waals surface area contributed by atoms with Gasteiger partial charge >= 0.3 is 0 Å². The maximum Gasteiger partial charge on any atom is 0.202 e. The average molecular weight is 539 g/mol. The minimum atomic E-state index is -0.189. The first kappa shape index (κ1) is 31.7. The van der Waals surface area contributed by atoms with Crippen LogP contribution in [0.5, 0.6) is 5.75 Å². The van der Waals surface area contributed by atoms with Gasteiger partial charge in [-0.05, 0) is 74.4 Å². The van der Waals surface area contributed by atoms with Gasteiger partial charge in [0.2, 0.25) is 6.29 Å². The Labute approximate surface area is 240 Å². The van der Waals surface area contributed by atoms with E-state index >= 15 is 0 Å². The summed E-state index contributed by atoms with van der Waals surface area (Å²) in [4.78, 5) is 0. The molecule has 1 aromatic rings. The summed E-state index contributed by atoms with van der Waals surface area (Å²) in [5.41, 5.74) is 4.37. The van der Waals surface area contributed by atoms with Crippen molar-refractivity contribution in [2.24, 2.45) is 5.92 Å². The fourth-order valence-electron chi connectivity index (χ4n) is 5.95. The molecule has 2 N–H and O–H groups in total. The molecule has 4 heteroatoms. The van der Waals surface area contributed by atoms with Crippen LogP contribution in [0.25, 0.3) is 0 Å². The van der Waals surface area contributed by atoms with Crippen molar-refractivity contribution in [2.75, 3.05) is 13.7 Å². The van der Waals surface area contributed by atoms with Gasteiger partial charge in [0.05, 0.1) is 0 Å². The summed E-state index contributed by atoms with van der Waals surface area (Å²) in [5, 5.41) is 7.23. The van der Waals surface area contributed by atoms with Crippen molar-refractivity contribution in [1.82, 2.24) is 10.6 Å². The van der Waals surface area contributed by atoms with Crippen LogP contribution in [0, 0.1) is 5.92 Å². The van der Waals surface area contributed by atoms with Crippen molar-refractivity contribution in [1.29, 1.82) is 0 Å². The van der Waals surface area contributed by atoms with Crippen LogP contribution in [0.15, 0.2) is 47.7 Å². The molecule has 3 unspecified atom stereocenters. The van der Waals surface area contributed by atoms with Crippen LogP contribution in [0.1, 0.15) is 141 Å². The molecule has 0 saturated heterocycles. The number of hydrogen-bond donors (Lipinski definition) is 2. The number of rotatable bonds is 20. The number of unbranched alkanes of at least 4 members (excludes halogenated alkanes) is 11. The minimum absolute atomic E-state index is 0.156. The van der Waals surface area contributed by atoms with E-state index in [1.165, 1.54) is 114 Å². The number of ether oxygens (including phenoxy) is 2. The van der Waals surface area contributed by atoms with Crippen LogP contribution < -0.4 is 15.4 Å². The molecule has 220 valence electrons. The molecule has 1 aliphatic heterocycles. The summed E-state index contributed by atoms with van der Waals surface area (Å²) in [5.74, 6) is 1.31. The Hall–Kier alpha value is -1.78. The summed E-state index contributed by atoms with van der Waals surface area (Å²) >= 11 is 0. The van der Waals surface area contributed by atoms with Gasteiger partial charge in [0, 0.05) is 19.6 Å². The van der Waals surface area contributed by atoms with Crippen molar-refractivity contribution in [3.8, 4) is 5.75 Å². The first-order valence-electron chi connectivity index (χ1n) is 16.4. The average Bonchev–Trinajstić information content (AvgIpc) is 2.98. The topological polar surface area (TPSA) is 42.5 Å². The Morgan fingerprint density at radius 3 is 1.95 bits per heavy atom. The first-order chi connectivity index (χ1) is 19.2. The van der Waals surface area contributed by atoms with Crippen LogP contribution in [-0.4, -0.2) is 19.9 Å². The molecule has 2 aliphatic rings. The standard InChI is InChI=1S/C35H58N2O2/c1-4-6-8-10-11-12-14-16-18-30-27-36-34(37-28-30)31-23-25-33(26-24-31)39-35(38-3)32-21-19-29(20-22-32)17-15-13-9-7-5-2/h19,23-27,32,34-37H,4-18,20-22,28H2,1-3H3. The molecular formula is C35H58N2O2. The van der Waals surface area contributed by atoms with E-state index in [9.17, 15) is 0 Å². The summed E-state index contributed by atoms with van der Waals surface area (Å²) in [6.45, 7) is 5.53. The molecule has 4 nitrogen and oxygen atoms in total. The lowest BCUT2D eigenvalue weighted by atomic mass is 9.87. The second kappa shape index (κ2) is 19.3. The van der Waals surface area contributed by atoms with Gasteiger partial charge in [0.15, 0.2) is 0 Å². The lowest BCUT2D eigenvalue weighted by Gasteiger charge is -2.29. The van der Waals surface area contributed by atoms with E-state index in [-0.39, 0.29) is 12.5 Å². The van der Waals surface area contributed by atoms with Gasteiger partial charge in [-0.15, -0.1) is 0 Å². The highest BCUT2D eigenvalue weighted by atomic mass is 16.7. The molecule has 1 aromatic carbocycles. The lowest BCUT2D eigenvalue weighted by Crippen LogP contribution is -2.37. The monoisotopic (exact) mass is 538 g/mol. The third kappa shape index (κ3) is 12.1. The van der Waals surface area contributed by atoms with E-state index in [1.807, 2.05) is 0 Å². The van der Waals surface area contributed by atoms with Gasteiger partial charge in [-0.3, -0.25) is 5.32 Å².